The number of nitrogens with two attached hydrogens (primary N) is 1. The van der Waals surface area contributed by atoms with Gasteiger partial charge in [-0.05, 0) is 24.3 Å². The molecule has 1 fully saturated rings. The SMILES string of the molecule is COc1ccc(NC(N)=NCC(=O)N2CCN(c3ccccc3)CC2)cc1OC.I. The number of nitrogens with one attached hydrogen (secondary N) is 1. The van der Waals surface area contributed by atoms with Crippen molar-refractivity contribution < 1.29 is 14.3 Å². The van der Waals surface area contributed by atoms with Gasteiger partial charge in [-0.1, -0.05) is 18.2 Å². The first kappa shape index (κ1) is 23.6. The zero-order chi connectivity index (χ0) is 20.6. The monoisotopic (exact) mass is 525 g/mol. The van der Waals surface area contributed by atoms with E-state index >= 15 is 0 Å². The molecule has 1 amide bonds. The number of rotatable bonds is 6. The number of anilines is 2. The number of nitrogens with zero attached hydrogens (tertiary/aromatic N) is 3. The molecule has 3 N–H and O–H groups in total. The number of halogens is 1. The first-order chi connectivity index (χ1) is 14.1. The number of carbonyl (C=O) groups excluding carboxylic acids is 1. The van der Waals surface area contributed by atoms with Gasteiger partial charge in [0.05, 0.1) is 14.2 Å². The summed E-state index contributed by atoms with van der Waals surface area (Å²) >= 11 is 0. The van der Waals surface area contributed by atoms with E-state index in [0.29, 0.717) is 30.3 Å². The van der Waals surface area contributed by atoms with E-state index in [1.807, 2.05) is 23.1 Å². The Morgan fingerprint density at radius 1 is 1.03 bits per heavy atom. The van der Waals surface area contributed by atoms with Gasteiger partial charge in [-0.2, -0.15) is 0 Å². The van der Waals surface area contributed by atoms with Crippen molar-refractivity contribution in [2.45, 2.75) is 0 Å². The lowest BCUT2D eigenvalue weighted by atomic mass is 10.2. The van der Waals surface area contributed by atoms with Gasteiger partial charge >= 0.3 is 0 Å². The van der Waals surface area contributed by atoms with E-state index in [9.17, 15) is 4.79 Å². The second-order valence-electron chi connectivity index (χ2n) is 6.60. The van der Waals surface area contributed by atoms with Gasteiger partial charge in [0.15, 0.2) is 17.5 Å². The highest BCUT2D eigenvalue weighted by molar-refractivity contribution is 14.0. The van der Waals surface area contributed by atoms with Crippen molar-refractivity contribution in [1.82, 2.24) is 4.90 Å². The number of piperazine rings is 1. The number of methoxy groups -OCH3 is 2. The average Bonchev–Trinajstić information content (AvgIpc) is 2.78. The van der Waals surface area contributed by atoms with Crippen molar-refractivity contribution in [1.29, 1.82) is 0 Å². The highest BCUT2D eigenvalue weighted by Crippen LogP contribution is 2.29. The molecule has 0 aliphatic carbocycles. The van der Waals surface area contributed by atoms with Crippen LogP contribution in [0.4, 0.5) is 11.4 Å². The number of carbonyl (C=O) groups is 1. The van der Waals surface area contributed by atoms with E-state index in [2.05, 4.69) is 27.3 Å². The van der Waals surface area contributed by atoms with E-state index in [4.69, 9.17) is 15.2 Å². The van der Waals surface area contributed by atoms with Gasteiger partial charge < -0.3 is 30.3 Å². The molecule has 0 unspecified atom stereocenters. The lowest BCUT2D eigenvalue weighted by Gasteiger charge is -2.35. The summed E-state index contributed by atoms with van der Waals surface area (Å²) < 4.78 is 10.5. The molecule has 1 saturated heterocycles. The molecule has 2 aromatic rings. The Hall–Kier alpha value is -2.69. The molecule has 0 aromatic heterocycles. The summed E-state index contributed by atoms with van der Waals surface area (Å²) in [4.78, 5) is 20.7. The summed E-state index contributed by atoms with van der Waals surface area (Å²) in [5.74, 6) is 1.35. The highest BCUT2D eigenvalue weighted by Gasteiger charge is 2.20. The largest absolute Gasteiger partial charge is 0.493 e. The average molecular weight is 525 g/mol. The number of amides is 1. The van der Waals surface area contributed by atoms with Gasteiger partial charge in [0.2, 0.25) is 5.91 Å². The van der Waals surface area contributed by atoms with Gasteiger partial charge in [-0.3, -0.25) is 4.79 Å². The van der Waals surface area contributed by atoms with Gasteiger partial charge in [-0.15, -0.1) is 24.0 Å². The standard InChI is InChI=1S/C21H27N5O3.HI/c1-28-18-9-8-16(14-19(18)29-2)24-21(22)23-15-20(27)26-12-10-25(11-13-26)17-6-4-3-5-7-17;/h3-9,14H,10-13,15H2,1-2H3,(H3,22,23,24);1H. The van der Waals surface area contributed by atoms with E-state index in [-0.39, 0.29) is 42.4 Å². The van der Waals surface area contributed by atoms with Crippen molar-refractivity contribution in [2.24, 2.45) is 10.7 Å². The fourth-order valence-corrected chi connectivity index (χ4v) is 3.21. The maximum atomic E-state index is 12.5. The van der Waals surface area contributed by atoms with Crippen LogP contribution in [-0.4, -0.2) is 63.7 Å². The van der Waals surface area contributed by atoms with Crippen LogP contribution in [0.5, 0.6) is 11.5 Å². The van der Waals surface area contributed by atoms with Gasteiger partial charge in [-0.25, -0.2) is 4.99 Å². The second-order valence-corrected chi connectivity index (χ2v) is 6.60. The van der Waals surface area contributed by atoms with Crippen LogP contribution in [0.3, 0.4) is 0 Å². The summed E-state index contributed by atoms with van der Waals surface area (Å²) in [5.41, 5.74) is 7.81. The summed E-state index contributed by atoms with van der Waals surface area (Å²) in [6, 6.07) is 15.5. The molecule has 0 radical (unpaired) electrons. The van der Waals surface area contributed by atoms with Crippen molar-refractivity contribution in [3.05, 3.63) is 48.5 Å². The van der Waals surface area contributed by atoms with Crippen molar-refractivity contribution in [3.63, 3.8) is 0 Å². The Balaban J connectivity index is 0.00000320. The van der Waals surface area contributed by atoms with Gasteiger partial charge in [0, 0.05) is 43.6 Å². The van der Waals surface area contributed by atoms with Crippen molar-refractivity contribution in [3.8, 4) is 11.5 Å². The van der Waals surface area contributed by atoms with Crippen LogP contribution in [0.2, 0.25) is 0 Å². The third-order valence-corrected chi connectivity index (χ3v) is 4.79. The Morgan fingerprint density at radius 3 is 2.33 bits per heavy atom. The summed E-state index contributed by atoms with van der Waals surface area (Å²) in [6.45, 7) is 2.97. The lowest BCUT2D eigenvalue weighted by molar-refractivity contribution is -0.129. The predicted octanol–water partition coefficient (Wildman–Crippen LogP) is 2.40. The number of hydrogen-bond donors (Lipinski definition) is 2. The maximum Gasteiger partial charge on any atom is 0.244 e. The van der Waals surface area contributed by atoms with E-state index < -0.39 is 0 Å². The lowest BCUT2D eigenvalue weighted by Crippen LogP contribution is -2.49. The molecule has 0 saturated carbocycles. The van der Waals surface area contributed by atoms with Crippen LogP contribution in [0, 0.1) is 0 Å². The Morgan fingerprint density at radius 2 is 1.70 bits per heavy atom. The van der Waals surface area contributed by atoms with Gasteiger partial charge in [0.25, 0.3) is 0 Å². The topological polar surface area (TPSA) is 92.4 Å². The summed E-state index contributed by atoms with van der Waals surface area (Å²) in [6.07, 6.45) is 0. The molecular weight excluding hydrogens is 497 g/mol. The fourth-order valence-electron chi connectivity index (χ4n) is 3.21. The zero-order valence-corrected chi connectivity index (χ0v) is 19.5. The summed E-state index contributed by atoms with van der Waals surface area (Å²) in [7, 11) is 3.14. The van der Waals surface area contributed by atoms with Crippen LogP contribution in [0.1, 0.15) is 0 Å². The number of aliphatic imine (C=N–C) groups is 1. The van der Waals surface area contributed by atoms with Crippen molar-refractivity contribution in [2.75, 3.05) is 57.2 Å². The van der Waals surface area contributed by atoms with Crippen LogP contribution < -0.4 is 25.4 Å². The zero-order valence-electron chi connectivity index (χ0n) is 17.2. The van der Waals surface area contributed by atoms with Gasteiger partial charge in [0.1, 0.15) is 6.54 Å². The smallest absolute Gasteiger partial charge is 0.244 e. The minimum Gasteiger partial charge on any atom is -0.493 e. The molecule has 30 heavy (non-hydrogen) atoms. The molecule has 1 heterocycles. The maximum absolute atomic E-state index is 12.5. The normalized spacial score (nSPS) is 14.0. The molecule has 0 atom stereocenters. The number of para-hydroxylation sites is 1. The minimum absolute atomic E-state index is 0. The molecule has 3 rings (SSSR count). The van der Waals surface area contributed by atoms with Crippen LogP contribution in [0.25, 0.3) is 0 Å². The van der Waals surface area contributed by atoms with Crippen LogP contribution in [0.15, 0.2) is 53.5 Å². The molecule has 162 valence electrons. The van der Waals surface area contributed by atoms with Crippen LogP contribution >= 0.6 is 24.0 Å². The quantitative estimate of drug-likeness (QED) is 0.342. The number of ether oxygens (including phenoxy) is 2. The molecule has 9 heteroatoms. The molecule has 8 nitrogen and oxygen atoms in total. The number of benzene rings is 2. The Bertz CT molecular complexity index is 855. The molecular formula is C21H28IN5O3. The molecule has 1 aliphatic rings. The first-order valence-corrected chi connectivity index (χ1v) is 9.47. The molecule has 0 spiro atoms. The van der Waals surface area contributed by atoms with Crippen LogP contribution in [-0.2, 0) is 4.79 Å². The van der Waals surface area contributed by atoms with E-state index in [1.165, 1.54) is 5.69 Å². The minimum atomic E-state index is -0.0326. The Labute approximate surface area is 194 Å². The third-order valence-electron chi connectivity index (χ3n) is 4.79. The fraction of sp³-hybridized carbons (Fsp3) is 0.333. The van der Waals surface area contributed by atoms with Crippen molar-refractivity contribution >= 4 is 47.2 Å². The highest BCUT2D eigenvalue weighted by atomic mass is 127. The number of guanidine groups is 1. The summed E-state index contributed by atoms with van der Waals surface area (Å²) in [5, 5.41) is 2.97. The number of hydrogen-bond acceptors (Lipinski definition) is 5. The molecule has 1 aliphatic heterocycles. The molecule has 0 bridgehead atoms. The molecule has 2 aromatic carbocycles. The predicted molar refractivity (Wildman–Crippen MR) is 130 cm³/mol. The third kappa shape index (κ3) is 6.15. The van der Waals surface area contributed by atoms with E-state index in [0.717, 1.165) is 13.1 Å². The second kappa shape index (κ2) is 11.5. The van der Waals surface area contributed by atoms with E-state index in [1.54, 1.807) is 32.4 Å². The Kier molecular flexibility index (Phi) is 9.03. The first-order valence-electron chi connectivity index (χ1n) is 9.47.